The summed E-state index contributed by atoms with van der Waals surface area (Å²) in [5, 5.41) is 0.753. The summed E-state index contributed by atoms with van der Waals surface area (Å²) >= 11 is 6.05. The molecular weight excluding hydrogens is 258 g/mol. The molecule has 19 heavy (non-hydrogen) atoms. The third-order valence-corrected chi connectivity index (χ3v) is 3.63. The Morgan fingerprint density at radius 2 is 2.16 bits per heavy atom. The molecule has 0 amide bonds. The molecular formula is C15H18ClN3. The maximum Gasteiger partial charge on any atom is 0.0600 e. The van der Waals surface area contributed by atoms with Gasteiger partial charge in [0.05, 0.1) is 17.9 Å². The topological polar surface area (TPSA) is 42.2 Å². The first-order valence-electron chi connectivity index (χ1n) is 6.24. The van der Waals surface area contributed by atoms with Crippen molar-refractivity contribution in [2.45, 2.75) is 19.5 Å². The number of rotatable bonds is 4. The first-order chi connectivity index (χ1) is 9.13. The third-order valence-electron chi connectivity index (χ3n) is 3.40. The molecule has 0 fully saturated rings. The van der Waals surface area contributed by atoms with Crippen molar-refractivity contribution in [2.75, 3.05) is 11.9 Å². The molecule has 1 heterocycles. The second-order valence-corrected chi connectivity index (χ2v) is 4.99. The van der Waals surface area contributed by atoms with Gasteiger partial charge in [-0.15, -0.1) is 0 Å². The summed E-state index contributed by atoms with van der Waals surface area (Å²) in [6.07, 6.45) is 3.62. The van der Waals surface area contributed by atoms with Crippen molar-refractivity contribution in [1.29, 1.82) is 0 Å². The van der Waals surface area contributed by atoms with Crippen LogP contribution in [-0.4, -0.2) is 12.0 Å². The van der Waals surface area contributed by atoms with Crippen LogP contribution in [0.15, 0.2) is 42.7 Å². The monoisotopic (exact) mass is 275 g/mol. The lowest BCUT2D eigenvalue weighted by molar-refractivity contribution is 0.733. The minimum absolute atomic E-state index is 0.202. The molecule has 2 aromatic rings. The van der Waals surface area contributed by atoms with Gasteiger partial charge in [0, 0.05) is 24.8 Å². The average molecular weight is 276 g/mol. The van der Waals surface area contributed by atoms with Gasteiger partial charge in [-0.05, 0) is 36.2 Å². The quantitative estimate of drug-likeness (QED) is 0.930. The normalized spacial score (nSPS) is 12.2. The molecule has 1 unspecified atom stereocenters. The minimum atomic E-state index is 0.202. The lowest BCUT2D eigenvalue weighted by atomic mass is 10.1. The zero-order chi connectivity index (χ0) is 13.8. The molecule has 4 heteroatoms. The Kier molecular flexibility index (Phi) is 4.40. The molecule has 0 bridgehead atoms. The van der Waals surface area contributed by atoms with Crippen molar-refractivity contribution < 1.29 is 0 Å². The van der Waals surface area contributed by atoms with Gasteiger partial charge in [0.1, 0.15) is 0 Å². The van der Waals surface area contributed by atoms with Crippen molar-refractivity contribution in [2.24, 2.45) is 5.73 Å². The van der Waals surface area contributed by atoms with Gasteiger partial charge in [-0.25, -0.2) is 0 Å². The average Bonchev–Trinajstić information content (AvgIpc) is 2.45. The van der Waals surface area contributed by atoms with Crippen LogP contribution in [0.25, 0.3) is 0 Å². The molecule has 1 atom stereocenters. The predicted molar refractivity (Wildman–Crippen MR) is 80.4 cm³/mol. The summed E-state index contributed by atoms with van der Waals surface area (Å²) in [5.41, 5.74) is 9.09. The Hall–Kier alpha value is -1.58. The second-order valence-electron chi connectivity index (χ2n) is 4.55. The number of pyridine rings is 1. The smallest absolute Gasteiger partial charge is 0.0600 e. The van der Waals surface area contributed by atoms with Gasteiger partial charge in [0.15, 0.2) is 0 Å². The number of aromatic nitrogens is 1. The number of halogens is 1. The van der Waals surface area contributed by atoms with E-state index in [1.54, 1.807) is 6.20 Å². The van der Waals surface area contributed by atoms with Crippen LogP contribution in [0.4, 0.5) is 5.69 Å². The van der Waals surface area contributed by atoms with E-state index < -0.39 is 0 Å². The number of benzene rings is 1. The number of hydrogen-bond acceptors (Lipinski definition) is 3. The number of anilines is 1. The summed E-state index contributed by atoms with van der Waals surface area (Å²) in [7, 11) is 2.04. The van der Waals surface area contributed by atoms with Gasteiger partial charge in [-0.1, -0.05) is 23.7 Å². The van der Waals surface area contributed by atoms with E-state index in [1.165, 1.54) is 5.56 Å². The van der Waals surface area contributed by atoms with Gasteiger partial charge in [0.25, 0.3) is 0 Å². The van der Waals surface area contributed by atoms with E-state index in [4.69, 9.17) is 17.3 Å². The summed E-state index contributed by atoms with van der Waals surface area (Å²) in [6, 6.07) is 10.1. The van der Waals surface area contributed by atoms with Crippen molar-refractivity contribution in [1.82, 2.24) is 4.98 Å². The molecule has 2 rings (SSSR count). The third kappa shape index (κ3) is 3.06. The molecule has 0 radical (unpaired) electrons. The van der Waals surface area contributed by atoms with Gasteiger partial charge >= 0.3 is 0 Å². The predicted octanol–water partition coefficient (Wildman–Crippen LogP) is 3.39. The maximum absolute atomic E-state index is 6.05. The van der Waals surface area contributed by atoms with Crippen LogP contribution in [0.2, 0.25) is 5.02 Å². The SMILES string of the molecule is CC(c1cccc(Cl)c1)N(C)c1cnccc1CN. The van der Waals surface area contributed by atoms with Gasteiger partial charge in [0.2, 0.25) is 0 Å². The fraction of sp³-hybridized carbons (Fsp3) is 0.267. The van der Waals surface area contributed by atoms with Crippen LogP contribution >= 0.6 is 11.6 Å². The van der Waals surface area contributed by atoms with Crippen LogP contribution in [0.5, 0.6) is 0 Å². The standard InChI is InChI=1S/C15H18ClN3/c1-11(12-4-3-5-14(16)8-12)19(2)15-10-18-7-6-13(15)9-17/h3-8,10-11H,9,17H2,1-2H3. The Labute approximate surface area is 119 Å². The molecule has 3 nitrogen and oxygen atoms in total. The number of nitrogens with zero attached hydrogens (tertiary/aromatic N) is 2. The lowest BCUT2D eigenvalue weighted by Crippen LogP contribution is -2.23. The molecule has 0 aliphatic heterocycles. The van der Waals surface area contributed by atoms with Gasteiger partial charge in [-0.3, -0.25) is 4.98 Å². The molecule has 0 spiro atoms. The molecule has 0 aliphatic carbocycles. The Bertz CT molecular complexity index is 557. The van der Waals surface area contributed by atoms with Crippen LogP contribution in [0.1, 0.15) is 24.1 Å². The van der Waals surface area contributed by atoms with Crippen LogP contribution < -0.4 is 10.6 Å². The summed E-state index contributed by atoms with van der Waals surface area (Å²) < 4.78 is 0. The Balaban J connectivity index is 2.30. The highest BCUT2D eigenvalue weighted by Crippen LogP contribution is 2.28. The molecule has 100 valence electrons. The first kappa shape index (κ1) is 13.8. The fourth-order valence-electron chi connectivity index (χ4n) is 2.10. The van der Waals surface area contributed by atoms with Crippen LogP contribution in [0, 0.1) is 0 Å². The summed E-state index contributed by atoms with van der Waals surface area (Å²) in [5.74, 6) is 0. The Morgan fingerprint density at radius 3 is 2.84 bits per heavy atom. The molecule has 2 N–H and O–H groups in total. The van der Waals surface area contributed by atoms with Gasteiger partial charge in [-0.2, -0.15) is 0 Å². The van der Waals surface area contributed by atoms with Crippen molar-refractivity contribution in [3.63, 3.8) is 0 Å². The lowest BCUT2D eigenvalue weighted by Gasteiger charge is -2.29. The molecule has 1 aromatic heterocycles. The second kappa shape index (κ2) is 6.04. The van der Waals surface area contributed by atoms with E-state index in [1.807, 2.05) is 37.5 Å². The van der Waals surface area contributed by atoms with Crippen molar-refractivity contribution in [3.05, 3.63) is 58.9 Å². The summed E-state index contributed by atoms with van der Waals surface area (Å²) in [6.45, 7) is 2.64. The highest BCUT2D eigenvalue weighted by Gasteiger charge is 2.15. The zero-order valence-electron chi connectivity index (χ0n) is 11.2. The Morgan fingerprint density at radius 1 is 1.37 bits per heavy atom. The molecule has 0 aliphatic rings. The van der Waals surface area contributed by atoms with E-state index in [0.29, 0.717) is 6.54 Å². The minimum Gasteiger partial charge on any atom is -0.366 e. The number of nitrogens with two attached hydrogens (primary N) is 1. The molecule has 0 saturated heterocycles. The van der Waals surface area contributed by atoms with E-state index in [9.17, 15) is 0 Å². The molecule has 1 aromatic carbocycles. The first-order valence-corrected chi connectivity index (χ1v) is 6.62. The van der Waals surface area contributed by atoms with Gasteiger partial charge < -0.3 is 10.6 Å². The highest BCUT2D eigenvalue weighted by molar-refractivity contribution is 6.30. The zero-order valence-corrected chi connectivity index (χ0v) is 11.9. The van der Waals surface area contributed by atoms with Crippen LogP contribution in [0.3, 0.4) is 0 Å². The maximum atomic E-state index is 6.05. The van der Waals surface area contributed by atoms with E-state index >= 15 is 0 Å². The number of hydrogen-bond donors (Lipinski definition) is 1. The van der Waals surface area contributed by atoms with E-state index in [-0.39, 0.29) is 6.04 Å². The highest BCUT2D eigenvalue weighted by atomic mass is 35.5. The van der Waals surface area contributed by atoms with Crippen molar-refractivity contribution in [3.8, 4) is 0 Å². The molecule has 0 saturated carbocycles. The van der Waals surface area contributed by atoms with E-state index in [2.05, 4.69) is 22.9 Å². The largest absolute Gasteiger partial charge is 0.366 e. The van der Waals surface area contributed by atoms with Crippen LogP contribution in [-0.2, 0) is 6.54 Å². The van der Waals surface area contributed by atoms with Crippen molar-refractivity contribution >= 4 is 17.3 Å². The van der Waals surface area contributed by atoms with E-state index in [0.717, 1.165) is 16.3 Å². The fourth-order valence-corrected chi connectivity index (χ4v) is 2.30. The summed E-state index contributed by atoms with van der Waals surface area (Å²) in [4.78, 5) is 6.35.